The SMILES string of the molecule is Fc1ccc(-c2nc3ccccc3c3c2ccc2c(-c4ccc(-c5nc(-c6ccccc6)cc(-c6ccccc6)n5)cc4)cccc23)c2ccccc12. The monoisotopic (exact) mass is 679 g/mol. The predicted molar refractivity (Wildman–Crippen MR) is 217 cm³/mol. The highest BCUT2D eigenvalue weighted by Crippen LogP contribution is 2.42. The second-order valence-electron chi connectivity index (χ2n) is 13.3. The molecule has 53 heavy (non-hydrogen) atoms. The Morgan fingerprint density at radius 3 is 1.62 bits per heavy atom. The normalized spacial score (nSPS) is 11.5. The Bertz CT molecular complexity index is 2940. The third-order valence-electron chi connectivity index (χ3n) is 10.2. The molecule has 0 saturated carbocycles. The van der Waals surface area contributed by atoms with E-state index in [1.54, 1.807) is 6.07 Å². The van der Waals surface area contributed by atoms with Gasteiger partial charge >= 0.3 is 0 Å². The van der Waals surface area contributed by atoms with Crippen molar-refractivity contribution in [1.29, 1.82) is 0 Å². The van der Waals surface area contributed by atoms with Crippen molar-refractivity contribution < 1.29 is 4.39 Å². The second-order valence-corrected chi connectivity index (χ2v) is 13.3. The van der Waals surface area contributed by atoms with E-state index in [4.69, 9.17) is 15.0 Å². The highest BCUT2D eigenvalue weighted by Gasteiger charge is 2.18. The van der Waals surface area contributed by atoms with Crippen molar-refractivity contribution in [3.05, 3.63) is 188 Å². The van der Waals surface area contributed by atoms with Crippen LogP contribution in [0.2, 0.25) is 0 Å². The first-order valence-corrected chi connectivity index (χ1v) is 17.7. The number of nitrogens with zero attached hydrogens (tertiary/aromatic N) is 3. The lowest BCUT2D eigenvalue weighted by Crippen LogP contribution is -1.96. The molecule has 0 aliphatic carbocycles. The van der Waals surface area contributed by atoms with Gasteiger partial charge in [0.05, 0.1) is 22.6 Å². The molecule has 0 N–H and O–H groups in total. The quantitative estimate of drug-likeness (QED) is 0.170. The fourth-order valence-electron chi connectivity index (χ4n) is 7.62. The van der Waals surface area contributed by atoms with Crippen LogP contribution in [-0.4, -0.2) is 15.0 Å². The molecule has 2 aromatic heterocycles. The summed E-state index contributed by atoms with van der Waals surface area (Å²) in [6, 6.07) is 61.3. The number of rotatable bonds is 5. The van der Waals surface area contributed by atoms with Crippen molar-refractivity contribution in [2.75, 3.05) is 0 Å². The Morgan fingerprint density at radius 1 is 0.340 bits per heavy atom. The van der Waals surface area contributed by atoms with Crippen molar-refractivity contribution in [2.24, 2.45) is 0 Å². The van der Waals surface area contributed by atoms with Crippen LogP contribution >= 0.6 is 0 Å². The number of aromatic nitrogens is 3. The molecule has 248 valence electrons. The van der Waals surface area contributed by atoms with Gasteiger partial charge in [-0.15, -0.1) is 0 Å². The number of hydrogen-bond acceptors (Lipinski definition) is 3. The molecule has 0 atom stereocenters. The largest absolute Gasteiger partial charge is 0.247 e. The van der Waals surface area contributed by atoms with Crippen LogP contribution in [0, 0.1) is 5.82 Å². The molecule has 0 saturated heterocycles. The second kappa shape index (κ2) is 12.6. The Morgan fingerprint density at radius 2 is 0.906 bits per heavy atom. The number of para-hydroxylation sites is 1. The number of benzene rings is 8. The maximum absolute atomic E-state index is 14.9. The van der Waals surface area contributed by atoms with Crippen molar-refractivity contribution >= 4 is 43.2 Å². The maximum Gasteiger partial charge on any atom is 0.160 e. The van der Waals surface area contributed by atoms with Crippen molar-refractivity contribution in [2.45, 2.75) is 0 Å². The molecular weight excluding hydrogens is 650 g/mol. The molecule has 10 aromatic rings. The molecule has 8 aromatic carbocycles. The number of hydrogen-bond donors (Lipinski definition) is 0. The van der Waals surface area contributed by atoms with Crippen LogP contribution in [0.1, 0.15) is 0 Å². The summed E-state index contributed by atoms with van der Waals surface area (Å²) in [4.78, 5) is 15.3. The molecule has 2 heterocycles. The van der Waals surface area contributed by atoms with Gasteiger partial charge in [-0.2, -0.15) is 0 Å². The smallest absolute Gasteiger partial charge is 0.160 e. The van der Waals surface area contributed by atoms with Crippen LogP contribution in [0.15, 0.2) is 182 Å². The summed E-state index contributed by atoms with van der Waals surface area (Å²) in [7, 11) is 0. The van der Waals surface area contributed by atoms with Gasteiger partial charge < -0.3 is 0 Å². The number of fused-ring (bicyclic) bond motifs is 6. The molecule has 10 rings (SSSR count). The standard InChI is InChI=1S/C49H30FN3/c50-43-29-28-40(36-16-7-8-17-38(36)43)48-42-27-26-37-35(19-11-20-39(37)47(42)41-18-9-10-21-44(41)51-48)31-22-24-34(25-23-31)49-52-45(32-12-3-1-4-13-32)30-46(53-49)33-14-5-2-6-15-33/h1-30H. The molecule has 0 aliphatic rings. The molecule has 0 unspecified atom stereocenters. The predicted octanol–water partition coefficient (Wildman–Crippen LogP) is 13.0. The van der Waals surface area contributed by atoms with E-state index in [1.165, 1.54) is 0 Å². The van der Waals surface area contributed by atoms with Gasteiger partial charge in [0.15, 0.2) is 5.82 Å². The van der Waals surface area contributed by atoms with Gasteiger partial charge in [-0.05, 0) is 51.6 Å². The van der Waals surface area contributed by atoms with Gasteiger partial charge in [-0.1, -0.05) is 158 Å². The Labute approximate surface area is 305 Å². The van der Waals surface area contributed by atoms with E-state index in [1.807, 2.05) is 72.8 Å². The third-order valence-corrected chi connectivity index (χ3v) is 10.2. The lowest BCUT2D eigenvalue weighted by molar-refractivity contribution is 0.640. The Kier molecular flexibility index (Phi) is 7.33. The van der Waals surface area contributed by atoms with E-state index >= 15 is 0 Å². The van der Waals surface area contributed by atoms with Crippen LogP contribution in [0.3, 0.4) is 0 Å². The van der Waals surface area contributed by atoms with Crippen LogP contribution in [0.4, 0.5) is 4.39 Å². The molecule has 0 radical (unpaired) electrons. The first-order valence-electron chi connectivity index (χ1n) is 17.7. The van der Waals surface area contributed by atoms with Crippen LogP contribution in [0.25, 0.3) is 99.5 Å². The molecule has 0 spiro atoms. The Balaban J connectivity index is 1.12. The highest BCUT2D eigenvalue weighted by molar-refractivity contribution is 6.24. The number of halogens is 1. The van der Waals surface area contributed by atoms with Gasteiger partial charge in [0.2, 0.25) is 0 Å². The zero-order valence-electron chi connectivity index (χ0n) is 28.5. The van der Waals surface area contributed by atoms with Gasteiger partial charge in [0, 0.05) is 43.8 Å². The molecule has 0 fully saturated rings. The lowest BCUT2D eigenvalue weighted by Gasteiger charge is -2.16. The van der Waals surface area contributed by atoms with E-state index in [-0.39, 0.29) is 5.82 Å². The van der Waals surface area contributed by atoms with E-state index < -0.39 is 0 Å². The molecule has 0 bridgehead atoms. The summed E-state index contributed by atoms with van der Waals surface area (Å²) in [5, 5.41) is 6.97. The molecule has 0 aliphatic heterocycles. The summed E-state index contributed by atoms with van der Waals surface area (Å²) >= 11 is 0. The van der Waals surface area contributed by atoms with Crippen LogP contribution in [0.5, 0.6) is 0 Å². The fourth-order valence-corrected chi connectivity index (χ4v) is 7.62. The van der Waals surface area contributed by atoms with Crippen LogP contribution in [-0.2, 0) is 0 Å². The summed E-state index contributed by atoms with van der Waals surface area (Å²) in [6.07, 6.45) is 0. The van der Waals surface area contributed by atoms with E-state index in [9.17, 15) is 4.39 Å². The Hall–Kier alpha value is -7.04. The van der Waals surface area contributed by atoms with E-state index in [2.05, 4.69) is 103 Å². The molecular formula is C49H30FN3. The van der Waals surface area contributed by atoms with E-state index in [0.717, 1.165) is 88.3 Å². The third kappa shape index (κ3) is 5.31. The fraction of sp³-hybridized carbons (Fsp3) is 0. The zero-order valence-corrected chi connectivity index (χ0v) is 28.5. The summed E-state index contributed by atoms with van der Waals surface area (Å²) < 4.78 is 14.9. The summed E-state index contributed by atoms with van der Waals surface area (Å²) in [5.41, 5.74) is 9.71. The van der Waals surface area contributed by atoms with Gasteiger partial charge in [-0.3, -0.25) is 0 Å². The van der Waals surface area contributed by atoms with Gasteiger partial charge in [0.25, 0.3) is 0 Å². The lowest BCUT2D eigenvalue weighted by atomic mass is 9.90. The van der Waals surface area contributed by atoms with Crippen molar-refractivity contribution in [3.63, 3.8) is 0 Å². The van der Waals surface area contributed by atoms with Crippen LogP contribution < -0.4 is 0 Å². The molecule has 0 amide bonds. The average molecular weight is 680 g/mol. The highest BCUT2D eigenvalue weighted by atomic mass is 19.1. The summed E-state index contributed by atoms with van der Waals surface area (Å²) in [6.45, 7) is 0. The minimum atomic E-state index is -0.234. The zero-order chi connectivity index (χ0) is 35.3. The maximum atomic E-state index is 14.9. The molecule has 4 heteroatoms. The van der Waals surface area contributed by atoms with Crippen molar-refractivity contribution in [3.8, 4) is 56.3 Å². The van der Waals surface area contributed by atoms with Gasteiger partial charge in [-0.25, -0.2) is 19.3 Å². The topological polar surface area (TPSA) is 38.7 Å². The van der Waals surface area contributed by atoms with Gasteiger partial charge in [0.1, 0.15) is 5.82 Å². The first kappa shape index (κ1) is 30.8. The average Bonchev–Trinajstić information content (AvgIpc) is 3.24. The first-order chi connectivity index (χ1) is 26.2. The minimum Gasteiger partial charge on any atom is -0.247 e. The number of pyridine rings is 1. The molecule has 3 nitrogen and oxygen atoms in total. The minimum absolute atomic E-state index is 0.234. The van der Waals surface area contributed by atoms with E-state index in [0.29, 0.717) is 11.2 Å². The summed E-state index contributed by atoms with van der Waals surface area (Å²) in [5.74, 6) is 0.447. The van der Waals surface area contributed by atoms with Crippen molar-refractivity contribution in [1.82, 2.24) is 15.0 Å².